The quantitative estimate of drug-likeness (QED) is 0.895. The number of ether oxygens (including phenoxy) is 2. The number of anilines is 1. The predicted octanol–water partition coefficient (Wildman–Crippen LogP) is 2.06. The van der Waals surface area contributed by atoms with E-state index < -0.39 is 0 Å². The lowest BCUT2D eigenvalue weighted by Crippen LogP contribution is -2.40. The molecule has 0 radical (unpaired) electrons. The van der Waals surface area contributed by atoms with Crippen LogP contribution >= 0.6 is 0 Å². The number of rotatable bonds is 5. The molecule has 1 aliphatic rings. The molecule has 0 saturated carbocycles. The average molecular weight is 278 g/mol. The highest BCUT2D eigenvalue weighted by Gasteiger charge is 2.26. The first-order chi connectivity index (χ1) is 9.52. The number of amides is 1. The first kappa shape index (κ1) is 14.8. The van der Waals surface area contributed by atoms with Gasteiger partial charge in [-0.3, -0.25) is 9.69 Å². The molecule has 2 N–H and O–H groups in total. The van der Waals surface area contributed by atoms with Crippen LogP contribution in [0.1, 0.15) is 31.9 Å². The van der Waals surface area contributed by atoms with Gasteiger partial charge in [-0.25, -0.2) is 0 Å². The van der Waals surface area contributed by atoms with E-state index in [1.54, 1.807) is 12.0 Å². The molecule has 1 aromatic rings. The summed E-state index contributed by atoms with van der Waals surface area (Å²) in [4.78, 5) is 13.5. The van der Waals surface area contributed by atoms with E-state index >= 15 is 0 Å². The summed E-state index contributed by atoms with van der Waals surface area (Å²) in [7, 11) is 1.57. The Morgan fingerprint density at radius 1 is 1.45 bits per heavy atom. The molecule has 1 aliphatic heterocycles. The lowest BCUT2D eigenvalue weighted by atomic mass is 9.97. The van der Waals surface area contributed by atoms with Crippen molar-refractivity contribution < 1.29 is 14.3 Å². The molecule has 0 aliphatic carbocycles. The smallest absolute Gasteiger partial charge is 0.266 e. The van der Waals surface area contributed by atoms with Crippen molar-refractivity contribution in [1.29, 1.82) is 0 Å². The topological polar surface area (TPSA) is 64.8 Å². The first-order valence-corrected chi connectivity index (χ1v) is 6.84. The molecule has 1 heterocycles. The van der Waals surface area contributed by atoms with E-state index in [4.69, 9.17) is 15.2 Å². The molecular weight excluding hydrogens is 256 g/mol. The Morgan fingerprint density at radius 3 is 2.85 bits per heavy atom. The standard InChI is InChI=1S/C15H22N2O3/c1-10(2)6-12(16)11-4-5-14-13(7-11)17(9-19-3)15(18)8-20-14/h4-5,7,10,12H,6,8-9,16H2,1-3H3. The second kappa shape index (κ2) is 6.24. The number of carbonyl (C=O) groups is 1. The van der Waals surface area contributed by atoms with Gasteiger partial charge in [0.15, 0.2) is 6.61 Å². The Bertz CT molecular complexity index is 488. The second-order valence-corrected chi connectivity index (χ2v) is 5.49. The molecule has 1 atom stereocenters. The van der Waals surface area contributed by atoms with Crippen molar-refractivity contribution in [3.8, 4) is 5.75 Å². The van der Waals surface area contributed by atoms with Crippen LogP contribution in [0.2, 0.25) is 0 Å². The van der Waals surface area contributed by atoms with Gasteiger partial charge in [-0.2, -0.15) is 0 Å². The lowest BCUT2D eigenvalue weighted by Gasteiger charge is -2.29. The monoisotopic (exact) mass is 278 g/mol. The first-order valence-electron chi connectivity index (χ1n) is 6.84. The van der Waals surface area contributed by atoms with E-state index in [0.717, 1.165) is 17.7 Å². The molecular formula is C15H22N2O3. The van der Waals surface area contributed by atoms with Crippen molar-refractivity contribution in [2.24, 2.45) is 11.7 Å². The van der Waals surface area contributed by atoms with E-state index in [-0.39, 0.29) is 25.3 Å². The number of carbonyl (C=O) groups excluding carboxylic acids is 1. The summed E-state index contributed by atoms with van der Waals surface area (Å²) in [6, 6.07) is 5.73. The minimum absolute atomic E-state index is 0.0401. The van der Waals surface area contributed by atoms with Gasteiger partial charge in [0.1, 0.15) is 12.5 Å². The molecule has 1 amide bonds. The molecule has 1 aromatic carbocycles. The zero-order chi connectivity index (χ0) is 14.7. The molecule has 0 spiro atoms. The number of methoxy groups -OCH3 is 1. The van der Waals surface area contributed by atoms with Gasteiger partial charge in [-0.1, -0.05) is 19.9 Å². The van der Waals surface area contributed by atoms with Gasteiger partial charge in [0.05, 0.1) is 5.69 Å². The molecule has 1 unspecified atom stereocenters. The largest absolute Gasteiger partial charge is 0.482 e. The molecule has 2 rings (SSSR count). The van der Waals surface area contributed by atoms with Crippen LogP contribution in [0.4, 0.5) is 5.69 Å². The van der Waals surface area contributed by atoms with Gasteiger partial charge < -0.3 is 15.2 Å². The minimum Gasteiger partial charge on any atom is -0.482 e. The molecule has 5 nitrogen and oxygen atoms in total. The molecule has 110 valence electrons. The van der Waals surface area contributed by atoms with Crippen molar-refractivity contribution in [2.75, 3.05) is 25.3 Å². The summed E-state index contributed by atoms with van der Waals surface area (Å²) in [6.07, 6.45) is 0.901. The summed E-state index contributed by atoms with van der Waals surface area (Å²) in [6.45, 7) is 4.55. The Kier molecular flexibility index (Phi) is 4.62. The van der Waals surface area contributed by atoms with Crippen LogP contribution in [0.3, 0.4) is 0 Å². The van der Waals surface area contributed by atoms with Gasteiger partial charge in [-0.15, -0.1) is 0 Å². The highest BCUT2D eigenvalue weighted by Crippen LogP contribution is 2.35. The molecule has 0 bridgehead atoms. The molecule has 20 heavy (non-hydrogen) atoms. The van der Waals surface area contributed by atoms with Crippen LogP contribution in [0.25, 0.3) is 0 Å². The van der Waals surface area contributed by atoms with Crippen molar-refractivity contribution >= 4 is 11.6 Å². The van der Waals surface area contributed by atoms with E-state index in [9.17, 15) is 4.79 Å². The summed E-state index contributed by atoms with van der Waals surface area (Å²) in [5.74, 6) is 1.12. The van der Waals surface area contributed by atoms with Gasteiger partial charge in [0.25, 0.3) is 5.91 Å². The fraction of sp³-hybridized carbons (Fsp3) is 0.533. The summed E-state index contributed by atoms with van der Waals surface area (Å²) in [5, 5.41) is 0. The maximum absolute atomic E-state index is 11.9. The number of hydrogen-bond acceptors (Lipinski definition) is 4. The van der Waals surface area contributed by atoms with Crippen LogP contribution in [-0.4, -0.2) is 26.4 Å². The highest BCUT2D eigenvalue weighted by molar-refractivity contribution is 5.97. The Hall–Kier alpha value is -1.59. The minimum atomic E-state index is -0.103. The molecule has 0 aromatic heterocycles. The number of nitrogens with two attached hydrogens (primary N) is 1. The second-order valence-electron chi connectivity index (χ2n) is 5.49. The average Bonchev–Trinajstić information content (AvgIpc) is 2.41. The normalized spacial score (nSPS) is 16.1. The van der Waals surface area contributed by atoms with E-state index in [2.05, 4.69) is 13.8 Å². The molecule has 0 saturated heterocycles. The number of hydrogen-bond donors (Lipinski definition) is 1. The fourth-order valence-corrected chi connectivity index (χ4v) is 2.36. The van der Waals surface area contributed by atoms with Gasteiger partial charge in [0.2, 0.25) is 0 Å². The number of fused-ring (bicyclic) bond motifs is 1. The van der Waals surface area contributed by atoms with E-state index in [1.165, 1.54) is 0 Å². The van der Waals surface area contributed by atoms with Crippen molar-refractivity contribution in [3.05, 3.63) is 23.8 Å². The van der Waals surface area contributed by atoms with Gasteiger partial charge in [0, 0.05) is 13.2 Å². The Labute approximate surface area is 119 Å². The van der Waals surface area contributed by atoms with E-state index in [0.29, 0.717) is 11.7 Å². The summed E-state index contributed by atoms with van der Waals surface area (Å²) < 4.78 is 10.5. The fourth-order valence-electron chi connectivity index (χ4n) is 2.36. The van der Waals surface area contributed by atoms with Crippen LogP contribution in [-0.2, 0) is 9.53 Å². The third kappa shape index (κ3) is 3.11. The zero-order valence-corrected chi connectivity index (χ0v) is 12.3. The van der Waals surface area contributed by atoms with Gasteiger partial charge >= 0.3 is 0 Å². The van der Waals surface area contributed by atoms with E-state index in [1.807, 2.05) is 18.2 Å². The predicted molar refractivity (Wildman–Crippen MR) is 77.7 cm³/mol. The van der Waals surface area contributed by atoms with Crippen LogP contribution < -0.4 is 15.4 Å². The van der Waals surface area contributed by atoms with Crippen LogP contribution in [0.15, 0.2) is 18.2 Å². The SMILES string of the molecule is COCN1C(=O)COc2ccc(C(N)CC(C)C)cc21. The van der Waals surface area contributed by atoms with Crippen molar-refractivity contribution in [1.82, 2.24) is 0 Å². The van der Waals surface area contributed by atoms with Crippen molar-refractivity contribution in [2.45, 2.75) is 26.3 Å². The molecule has 0 fully saturated rings. The summed E-state index contributed by atoms with van der Waals surface area (Å²) in [5.41, 5.74) is 7.95. The van der Waals surface area contributed by atoms with Crippen molar-refractivity contribution in [3.63, 3.8) is 0 Å². The van der Waals surface area contributed by atoms with Gasteiger partial charge in [-0.05, 0) is 30.0 Å². The number of nitrogens with zero attached hydrogens (tertiary/aromatic N) is 1. The number of benzene rings is 1. The highest BCUT2D eigenvalue weighted by atomic mass is 16.5. The Morgan fingerprint density at radius 2 is 2.20 bits per heavy atom. The lowest BCUT2D eigenvalue weighted by molar-refractivity contribution is -0.122. The molecule has 5 heteroatoms. The van der Waals surface area contributed by atoms with Crippen LogP contribution in [0, 0.1) is 5.92 Å². The van der Waals surface area contributed by atoms with Crippen LogP contribution in [0.5, 0.6) is 5.75 Å². The third-order valence-corrected chi connectivity index (χ3v) is 3.34. The third-order valence-electron chi connectivity index (χ3n) is 3.34. The summed E-state index contributed by atoms with van der Waals surface area (Å²) >= 11 is 0. The zero-order valence-electron chi connectivity index (χ0n) is 12.3. The Balaban J connectivity index is 2.30. The maximum Gasteiger partial charge on any atom is 0.266 e. The maximum atomic E-state index is 11.9.